The number of halogens is 1. The zero-order valence-electron chi connectivity index (χ0n) is 10.9. The molecule has 2 N–H and O–H groups in total. The Morgan fingerprint density at radius 2 is 1.90 bits per heavy atom. The summed E-state index contributed by atoms with van der Waals surface area (Å²) in [6.45, 7) is 0.219. The maximum absolute atomic E-state index is 11.8. The van der Waals surface area contributed by atoms with Gasteiger partial charge in [0.15, 0.2) is 0 Å². The zero-order chi connectivity index (χ0) is 14.4. The molecule has 0 aromatic heterocycles. The molecule has 0 bridgehead atoms. The number of aliphatic hydroxyl groups is 1. The summed E-state index contributed by atoms with van der Waals surface area (Å²) in [5, 5.41) is 12.7. The second kappa shape index (κ2) is 7.22. The lowest BCUT2D eigenvalue weighted by Crippen LogP contribution is -2.29. The minimum atomic E-state index is -0.678. The molecule has 0 heterocycles. The van der Waals surface area contributed by atoms with Crippen LogP contribution in [0.3, 0.4) is 0 Å². The van der Waals surface area contributed by atoms with E-state index in [-0.39, 0.29) is 12.5 Å². The average molecular weight is 334 g/mol. The third-order valence-corrected chi connectivity index (χ3v) is 3.42. The van der Waals surface area contributed by atoms with Crippen molar-refractivity contribution in [2.75, 3.05) is 6.54 Å². The largest absolute Gasteiger partial charge is 0.387 e. The van der Waals surface area contributed by atoms with Crippen molar-refractivity contribution >= 4 is 21.8 Å². The molecule has 1 atom stereocenters. The van der Waals surface area contributed by atoms with E-state index in [9.17, 15) is 9.90 Å². The highest BCUT2D eigenvalue weighted by Gasteiger charge is 2.09. The summed E-state index contributed by atoms with van der Waals surface area (Å²) in [5.41, 5.74) is 1.74. The van der Waals surface area contributed by atoms with Gasteiger partial charge in [0.2, 0.25) is 5.91 Å². The minimum Gasteiger partial charge on any atom is -0.387 e. The molecule has 1 unspecified atom stereocenters. The number of amides is 1. The van der Waals surface area contributed by atoms with Crippen LogP contribution in [0.1, 0.15) is 17.2 Å². The number of rotatable bonds is 5. The second-order valence-electron chi connectivity index (χ2n) is 4.54. The van der Waals surface area contributed by atoms with Gasteiger partial charge in [-0.3, -0.25) is 4.79 Å². The van der Waals surface area contributed by atoms with Crippen molar-refractivity contribution in [1.82, 2.24) is 5.32 Å². The van der Waals surface area contributed by atoms with E-state index in [0.29, 0.717) is 6.42 Å². The van der Waals surface area contributed by atoms with Gasteiger partial charge >= 0.3 is 0 Å². The molecular weight excluding hydrogens is 318 g/mol. The van der Waals surface area contributed by atoms with Crippen molar-refractivity contribution in [2.45, 2.75) is 12.5 Å². The third kappa shape index (κ3) is 4.47. The summed E-state index contributed by atoms with van der Waals surface area (Å²) in [5.74, 6) is -0.0990. The molecule has 1 amide bonds. The highest BCUT2D eigenvalue weighted by Crippen LogP contribution is 2.13. The van der Waals surface area contributed by atoms with Crippen molar-refractivity contribution < 1.29 is 9.90 Å². The molecule has 4 heteroatoms. The van der Waals surface area contributed by atoms with Crippen molar-refractivity contribution in [1.29, 1.82) is 0 Å². The predicted octanol–water partition coefficient (Wildman–Crippen LogP) is 2.84. The molecule has 0 saturated heterocycles. The van der Waals surface area contributed by atoms with Gasteiger partial charge in [-0.2, -0.15) is 0 Å². The first-order chi connectivity index (χ1) is 9.65. The lowest BCUT2D eigenvalue weighted by molar-refractivity contribution is -0.120. The summed E-state index contributed by atoms with van der Waals surface area (Å²) >= 11 is 3.37. The molecule has 2 aromatic rings. The molecule has 3 nitrogen and oxygen atoms in total. The first-order valence-corrected chi connectivity index (χ1v) is 7.18. The smallest absolute Gasteiger partial charge is 0.224 e. The second-order valence-corrected chi connectivity index (χ2v) is 5.45. The van der Waals surface area contributed by atoms with E-state index in [1.54, 1.807) is 0 Å². The van der Waals surface area contributed by atoms with Crippen LogP contribution in [0, 0.1) is 0 Å². The number of benzene rings is 2. The van der Waals surface area contributed by atoms with E-state index in [0.717, 1.165) is 15.6 Å². The fourth-order valence-electron chi connectivity index (χ4n) is 1.90. The fourth-order valence-corrected chi connectivity index (χ4v) is 2.35. The highest BCUT2D eigenvalue weighted by atomic mass is 79.9. The van der Waals surface area contributed by atoms with Crippen LogP contribution in [0.2, 0.25) is 0 Å². The molecule has 0 aliphatic heterocycles. The maximum Gasteiger partial charge on any atom is 0.224 e. The standard InChI is InChI=1S/C16H16BrNO2/c17-14-8-4-5-12(9-14)10-16(20)18-11-15(19)13-6-2-1-3-7-13/h1-9,15,19H,10-11H2,(H,18,20). The molecule has 0 aliphatic carbocycles. The molecule has 20 heavy (non-hydrogen) atoms. The lowest BCUT2D eigenvalue weighted by Gasteiger charge is -2.12. The summed E-state index contributed by atoms with van der Waals surface area (Å²) < 4.78 is 0.951. The first-order valence-electron chi connectivity index (χ1n) is 6.39. The van der Waals surface area contributed by atoms with Crippen LogP contribution in [0.15, 0.2) is 59.1 Å². The van der Waals surface area contributed by atoms with E-state index < -0.39 is 6.10 Å². The van der Waals surface area contributed by atoms with Gasteiger partial charge in [0.1, 0.15) is 0 Å². The fraction of sp³-hybridized carbons (Fsp3) is 0.188. The van der Waals surface area contributed by atoms with Crippen LogP contribution in [0.4, 0.5) is 0 Å². The molecule has 0 fully saturated rings. The number of nitrogens with one attached hydrogen (secondary N) is 1. The maximum atomic E-state index is 11.8. The van der Waals surface area contributed by atoms with Gasteiger partial charge in [0.05, 0.1) is 12.5 Å². The summed E-state index contributed by atoms with van der Waals surface area (Å²) in [7, 11) is 0. The molecule has 0 spiro atoms. The first kappa shape index (κ1) is 14.8. The van der Waals surface area contributed by atoms with Crippen LogP contribution in [-0.2, 0) is 11.2 Å². The quantitative estimate of drug-likeness (QED) is 0.883. The molecule has 104 valence electrons. The Morgan fingerprint density at radius 3 is 2.60 bits per heavy atom. The van der Waals surface area contributed by atoms with Gasteiger partial charge in [0.25, 0.3) is 0 Å². The van der Waals surface area contributed by atoms with Crippen molar-refractivity contribution in [3.05, 3.63) is 70.2 Å². The highest BCUT2D eigenvalue weighted by molar-refractivity contribution is 9.10. The lowest BCUT2D eigenvalue weighted by atomic mass is 10.1. The van der Waals surface area contributed by atoms with Crippen molar-refractivity contribution in [3.63, 3.8) is 0 Å². The van der Waals surface area contributed by atoms with Crippen LogP contribution < -0.4 is 5.32 Å². The molecule has 2 aromatic carbocycles. The van der Waals surface area contributed by atoms with Crippen molar-refractivity contribution in [2.24, 2.45) is 0 Å². The van der Waals surface area contributed by atoms with E-state index in [1.807, 2.05) is 54.6 Å². The molecule has 2 rings (SSSR count). The molecule has 0 aliphatic rings. The number of carbonyl (C=O) groups is 1. The predicted molar refractivity (Wildman–Crippen MR) is 82.3 cm³/mol. The number of carbonyl (C=O) groups excluding carboxylic acids is 1. The molecule has 0 radical (unpaired) electrons. The van der Waals surface area contributed by atoms with Crippen LogP contribution >= 0.6 is 15.9 Å². The van der Waals surface area contributed by atoms with E-state index in [4.69, 9.17) is 0 Å². The zero-order valence-corrected chi connectivity index (χ0v) is 12.5. The van der Waals surface area contributed by atoms with Gasteiger partial charge in [-0.05, 0) is 23.3 Å². The van der Waals surface area contributed by atoms with Crippen LogP contribution in [-0.4, -0.2) is 17.6 Å². The Bertz CT molecular complexity index is 572. The van der Waals surface area contributed by atoms with Gasteiger partial charge < -0.3 is 10.4 Å². The SMILES string of the molecule is O=C(Cc1cccc(Br)c1)NCC(O)c1ccccc1. The monoisotopic (exact) mass is 333 g/mol. The normalized spacial score (nSPS) is 11.9. The average Bonchev–Trinajstić information content (AvgIpc) is 2.46. The number of aliphatic hydroxyl groups excluding tert-OH is 1. The Kier molecular flexibility index (Phi) is 5.32. The van der Waals surface area contributed by atoms with E-state index >= 15 is 0 Å². The van der Waals surface area contributed by atoms with Crippen molar-refractivity contribution in [3.8, 4) is 0 Å². The van der Waals surface area contributed by atoms with Crippen LogP contribution in [0.25, 0.3) is 0 Å². The van der Waals surface area contributed by atoms with Gasteiger partial charge in [-0.1, -0.05) is 58.4 Å². The number of hydrogen-bond donors (Lipinski definition) is 2. The van der Waals surface area contributed by atoms with Gasteiger partial charge in [-0.25, -0.2) is 0 Å². The number of hydrogen-bond acceptors (Lipinski definition) is 2. The van der Waals surface area contributed by atoms with E-state index in [1.165, 1.54) is 0 Å². The summed E-state index contributed by atoms with van der Waals surface area (Å²) in [6, 6.07) is 16.9. The summed E-state index contributed by atoms with van der Waals surface area (Å²) in [4.78, 5) is 11.8. The topological polar surface area (TPSA) is 49.3 Å². The third-order valence-electron chi connectivity index (χ3n) is 2.93. The van der Waals surface area contributed by atoms with Gasteiger partial charge in [-0.15, -0.1) is 0 Å². The molecule has 0 saturated carbocycles. The Labute approximate surface area is 126 Å². The van der Waals surface area contributed by atoms with E-state index in [2.05, 4.69) is 21.2 Å². The molecular formula is C16H16BrNO2. The Hall–Kier alpha value is -1.65. The minimum absolute atomic E-state index is 0.0990. The Balaban J connectivity index is 1.83. The van der Waals surface area contributed by atoms with Crippen LogP contribution in [0.5, 0.6) is 0 Å². The summed E-state index contributed by atoms with van der Waals surface area (Å²) in [6.07, 6.45) is -0.372. The van der Waals surface area contributed by atoms with Gasteiger partial charge in [0, 0.05) is 11.0 Å². The Morgan fingerprint density at radius 1 is 1.15 bits per heavy atom.